The molecule has 1 aliphatic rings. The van der Waals surface area contributed by atoms with Gasteiger partial charge in [0.1, 0.15) is 0 Å². The first-order valence-corrected chi connectivity index (χ1v) is 4.75. The van der Waals surface area contributed by atoms with Crippen molar-refractivity contribution >= 4 is 17.7 Å². The quantitative estimate of drug-likeness (QED) is 0.568. The maximum atomic E-state index is 11.3. The van der Waals surface area contributed by atoms with Crippen molar-refractivity contribution in [2.45, 2.75) is 24.6 Å². The van der Waals surface area contributed by atoms with Gasteiger partial charge in [-0.1, -0.05) is 0 Å². The molecule has 0 aliphatic carbocycles. The van der Waals surface area contributed by atoms with Gasteiger partial charge in [0.25, 0.3) is 0 Å². The van der Waals surface area contributed by atoms with E-state index in [9.17, 15) is 4.79 Å². The molecule has 1 heterocycles. The molecule has 2 nitrogen and oxygen atoms in total. The molecule has 0 saturated carbocycles. The van der Waals surface area contributed by atoms with Crippen LogP contribution < -0.4 is 0 Å². The molecule has 0 aromatic rings. The average molecular weight is 159 g/mol. The number of hydrogen-bond donors (Lipinski definition) is 0. The minimum absolute atomic E-state index is 0.222. The topological polar surface area (TPSA) is 20.3 Å². The van der Waals surface area contributed by atoms with E-state index in [1.807, 2.05) is 18.2 Å². The predicted molar refractivity (Wildman–Crippen MR) is 44.2 cm³/mol. The summed E-state index contributed by atoms with van der Waals surface area (Å²) in [5, 5.41) is 0.222. The van der Waals surface area contributed by atoms with E-state index in [4.69, 9.17) is 0 Å². The first-order valence-electron chi connectivity index (χ1n) is 3.46. The van der Waals surface area contributed by atoms with Gasteiger partial charge in [0, 0.05) is 13.1 Å². The summed E-state index contributed by atoms with van der Waals surface area (Å²) in [6.07, 6.45) is 3.00. The summed E-state index contributed by atoms with van der Waals surface area (Å²) in [7, 11) is 1.88. The lowest BCUT2D eigenvalue weighted by Gasteiger charge is -2.13. The fraction of sp³-hybridized carbons (Fsp3) is 0.857. The summed E-state index contributed by atoms with van der Waals surface area (Å²) >= 11 is 1.66. The lowest BCUT2D eigenvalue weighted by Crippen LogP contribution is -2.27. The van der Waals surface area contributed by atoms with Crippen LogP contribution in [-0.4, -0.2) is 35.4 Å². The summed E-state index contributed by atoms with van der Waals surface area (Å²) in [6, 6.07) is 0.435. The van der Waals surface area contributed by atoms with Crippen molar-refractivity contribution in [3.8, 4) is 0 Å². The number of hydrogen-bond acceptors (Lipinski definition) is 2. The van der Waals surface area contributed by atoms with Crippen LogP contribution in [0.1, 0.15) is 13.3 Å². The Labute approximate surface area is 66.0 Å². The molecule has 2 unspecified atom stereocenters. The molecular formula is C7H13NOS. The third-order valence-corrected chi connectivity index (χ3v) is 3.09. The van der Waals surface area contributed by atoms with E-state index in [0.717, 1.165) is 6.42 Å². The van der Waals surface area contributed by atoms with Crippen molar-refractivity contribution < 1.29 is 4.79 Å². The first-order chi connectivity index (χ1) is 4.66. The van der Waals surface area contributed by atoms with E-state index in [1.165, 1.54) is 0 Å². The molecule has 0 radical (unpaired) electrons. The van der Waals surface area contributed by atoms with E-state index < -0.39 is 0 Å². The Morgan fingerprint density at radius 3 is 2.50 bits per heavy atom. The van der Waals surface area contributed by atoms with Gasteiger partial charge in [-0.2, -0.15) is 11.8 Å². The van der Waals surface area contributed by atoms with Crippen LogP contribution in [-0.2, 0) is 4.79 Å². The Morgan fingerprint density at radius 1 is 1.70 bits per heavy atom. The Kier molecular flexibility index (Phi) is 2.24. The number of nitrogens with zero attached hydrogens (tertiary/aromatic N) is 1. The molecule has 0 bridgehead atoms. The van der Waals surface area contributed by atoms with Gasteiger partial charge in [-0.15, -0.1) is 0 Å². The molecule has 0 aromatic heterocycles. The molecule has 1 amide bonds. The van der Waals surface area contributed by atoms with Gasteiger partial charge in [0.15, 0.2) is 0 Å². The minimum Gasteiger partial charge on any atom is -0.342 e. The molecule has 0 spiro atoms. The van der Waals surface area contributed by atoms with Gasteiger partial charge in [-0.3, -0.25) is 4.79 Å². The summed E-state index contributed by atoms with van der Waals surface area (Å²) in [5.41, 5.74) is 0. The zero-order valence-electron chi connectivity index (χ0n) is 6.63. The maximum Gasteiger partial charge on any atom is 0.235 e. The van der Waals surface area contributed by atoms with Crippen LogP contribution >= 0.6 is 11.8 Å². The molecular weight excluding hydrogens is 146 g/mol. The van der Waals surface area contributed by atoms with Gasteiger partial charge in [-0.25, -0.2) is 0 Å². The normalized spacial score (nSPS) is 33.5. The molecule has 1 fully saturated rings. The Bertz CT molecular complexity index is 149. The van der Waals surface area contributed by atoms with Crippen LogP contribution in [0.5, 0.6) is 0 Å². The van der Waals surface area contributed by atoms with Crippen molar-refractivity contribution in [3.05, 3.63) is 0 Å². The van der Waals surface area contributed by atoms with Crippen LogP contribution in [0.2, 0.25) is 0 Å². The van der Waals surface area contributed by atoms with Crippen molar-refractivity contribution in [1.82, 2.24) is 4.90 Å². The number of carbonyl (C=O) groups is 1. The zero-order chi connectivity index (χ0) is 7.72. The lowest BCUT2D eigenvalue weighted by atomic mass is 10.2. The van der Waals surface area contributed by atoms with Crippen LogP contribution in [0, 0.1) is 0 Å². The molecule has 58 valence electrons. The molecule has 0 N–H and O–H groups in total. The number of carbonyl (C=O) groups excluding carboxylic acids is 1. The smallest absolute Gasteiger partial charge is 0.235 e. The van der Waals surface area contributed by atoms with Gasteiger partial charge in [-0.05, 0) is 19.6 Å². The first kappa shape index (κ1) is 7.92. The van der Waals surface area contributed by atoms with E-state index >= 15 is 0 Å². The number of amides is 1. The second-order valence-corrected chi connectivity index (χ2v) is 3.80. The highest BCUT2D eigenvalue weighted by Crippen LogP contribution is 2.25. The summed E-state index contributed by atoms with van der Waals surface area (Å²) in [4.78, 5) is 13.1. The summed E-state index contributed by atoms with van der Waals surface area (Å²) in [6.45, 7) is 2.09. The van der Waals surface area contributed by atoms with Crippen LogP contribution in [0.3, 0.4) is 0 Å². The van der Waals surface area contributed by atoms with E-state index in [1.54, 1.807) is 11.8 Å². The zero-order valence-corrected chi connectivity index (χ0v) is 7.44. The van der Waals surface area contributed by atoms with Gasteiger partial charge < -0.3 is 4.90 Å². The standard InChI is InChI=1S/C7H13NOS/c1-5-4-6(10-3)7(9)8(5)2/h5-6H,4H2,1-3H3. The van der Waals surface area contributed by atoms with Crippen molar-refractivity contribution in [2.24, 2.45) is 0 Å². The van der Waals surface area contributed by atoms with E-state index in [-0.39, 0.29) is 5.25 Å². The van der Waals surface area contributed by atoms with Gasteiger partial charge in [0.2, 0.25) is 5.91 Å². The van der Waals surface area contributed by atoms with Crippen molar-refractivity contribution in [2.75, 3.05) is 13.3 Å². The molecule has 1 aliphatic heterocycles. The SMILES string of the molecule is CSC1CC(C)N(C)C1=O. The fourth-order valence-electron chi connectivity index (χ4n) is 1.21. The molecule has 1 saturated heterocycles. The highest BCUT2D eigenvalue weighted by Gasteiger charge is 2.33. The summed E-state index contributed by atoms with van der Waals surface area (Å²) < 4.78 is 0. The van der Waals surface area contributed by atoms with Crippen LogP contribution in [0.4, 0.5) is 0 Å². The van der Waals surface area contributed by atoms with Crippen molar-refractivity contribution in [3.63, 3.8) is 0 Å². The highest BCUT2D eigenvalue weighted by molar-refractivity contribution is 7.99. The molecule has 10 heavy (non-hydrogen) atoms. The second-order valence-electron chi connectivity index (χ2n) is 2.76. The van der Waals surface area contributed by atoms with Crippen LogP contribution in [0.25, 0.3) is 0 Å². The number of likely N-dealkylation sites (tertiary alicyclic amines) is 1. The monoisotopic (exact) mass is 159 g/mol. The summed E-state index contributed by atoms with van der Waals surface area (Å²) in [5.74, 6) is 0.292. The predicted octanol–water partition coefficient (Wildman–Crippen LogP) is 0.969. The third-order valence-electron chi connectivity index (χ3n) is 2.12. The fourth-order valence-corrected chi connectivity index (χ4v) is 2.05. The lowest BCUT2D eigenvalue weighted by molar-refractivity contribution is -0.127. The maximum absolute atomic E-state index is 11.3. The second kappa shape index (κ2) is 2.82. The third kappa shape index (κ3) is 1.15. The van der Waals surface area contributed by atoms with Crippen molar-refractivity contribution in [1.29, 1.82) is 0 Å². The molecule has 1 rings (SSSR count). The van der Waals surface area contributed by atoms with E-state index in [2.05, 4.69) is 6.92 Å². The number of thioether (sulfide) groups is 1. The molecule has 3 heteroatoms. The minimum atomic E-state index is 0.222. The van der Waals surface area contributed by atoms with Gasteiger partial charge >= 0.3 is 0 Å². The number of rotatable bonds is 1. The Hall–Kier alpha value is -0.180. The van der Waals surface area contributed by atoms with E-state index in [0.29, 0.717) is 11.9 Å². The van der Waals surface area contributed by atoms with Crippen LogP contribution in [0.15, 0.2) is 0 Å². The average Bonchev–Trinajstić information content (AvgIpc) is 2.17. The largest absolute Gasteiger partial charge is 0.342 e. The van der Waals surface area contributed by atoms with Gasteiger partial charge in [0.05, 0.1) is 5.25 Å². The highest BCUT2D eigenvalue weighted by atomic mass is 32.2. The molecule has 2 atom stereocenters. The Balaban J connectivity index is 2.62. The Morgan fingerprint density at radius 2 is 2.30 bits per heavy atom. The molecule has 0 aromatic carbocycles.